The molecular formula is C56H54B2N4. The number of benzene rings is 6. The first-order valence-corrected chi connectivity index (χ1v) is 23.0. The van der Waals surface area contributed by atoms with Crippen LogP contribution in [0.1, 0.15) is 84.3 Å². The third kappa shape index (κ3) is 5.75. The van der Waals surface area contributed by atoms with Crippen molar-refractivity contribution in [1.29, 1.82) is 0 Å². The van der Waals surface area contributed by atoms with Crippen LogP contribution in [0.4, 0.5) is 34.1 Å². The van der Waals surface area contributed by atoms with Crippen LogP contribution < -0.4 is 42.6 Å². The number of nitrogens with zero attached hydrogens (tertiary/aromatic N) is 4. The van der Waals surface area contributed by atoms with Crippen LogP contribution in [0, 0.1) is 41.5 Å². The Kier molecular flexibility index (Phi) is 9.23. The minimum Gasteiger partial charge on any atom is -0.306 e. The molecule has 0 fully saturated rings. The fraction of sp³-hybridized carbons (Fsp3) is 0.250. The van der Waals surface area contributed by atoms with E-state index in [-0.39, 0.29) is 13.4 Å². The van der Waals surface area contributed by atoms with Gasteiger partial charge in [0.1, 0.15) is 0 Å². The Morgan fingerprint density at radius 3 is 1.23 bits per heavy atom. The van der Waals surface area contributed by atoms with Crippen molar-refractivity contribution in [2.75, 3.05) is 9.80 Å². The average Bonchev–Trinajstić information content (AvgIpc) is 3.25. The molecule has 62 heavy (non-hydrogen) atoms. The summed E-state index contributed by atoms with van der Waals surface area (Å²) < 4.78 is 0. The molecule has 4 nitrogen and oxygen atoms in total. The van der Waals surface area contributed by atoms with E-state index in [1.54, 1.807) is 0 Å². The standard InChI is InChI=1S/C56H54B2N4/c1-9-11-19-41-29-45-49(31-59-41)61-47-27-40-18-14-16-22-44(40)54-56(47)62(50-32-60-42(20-12-10-2)30-46(50)58(54)52-37(7)25-34(4)26-38(52)8)48-28-39-17-13-15-21-43(39)53(55(48)61)57(45)51-35(5)23-33(3)24-36(51)6/h13-18,21-32H,9-12,19-20H2,1-8H3. The van der Waals surface area contributed by atoms with Gasteiger partial charge in [-0.25, -0.2) is 0 Å². The van der Waals surface area contributed by atoms with Crippen molar-refractivity contribution in [3.8, 4) is 0 Å². The molecule has 3 aliphatic rings. The number of rotatable bonds is 8. The average molecular weight is 805 g/mol. The molecule has 0 unspecified atom stereocenters. The monoisotopic (exact) mass is 804 g/mol. The third-order valence-electron chi connectivity index (χ3n) is 14.3. The van der Waals surface area contributed by atoms with Crippen LogP contribution in [0.2, 0.25) is 0 Å². The maximum absolute atomic E-state index is 5.31. The van der Waals surface area contributed by atoms with Gasteiger partial charge in [-0.2, -0.15) is 0 Å². The number of fused-ring (bicyclic) bond motifs is 10. The Morgan fingerprint density at radius 2 is 0.839 bits per heavy atom. The largest absolute Gasteiger partial charge is 0.306 e. The van der Waals surface area contributed by atoms with Crippen molar-refractivity contribution in [2.24, 2.45) is 0 Å². The molecule has 0 amide bonds. The summed E-state index contributed by atoms with van der Waals surface area (Å²) in [7, 11) is 0. The molecule has 3 aliphatic heterocycles. The molecule has 5 heterocycles. The van der Waals surface area contributed by atoms with Crippen molar-refractivity contribution in [2.45, 2.75) is 93.9 Å². The lowest BCUT2D eigenvalue weighted by atomic mass is 9.32. The summed E-state index contributed by atoms with van der Waals surface area (Å²) in [6.07, 6.45) is 10.9. The molecule has 0 N–H and O–H groups in total. The van der Waals surface area contributed by atoms with E-state index in [4.69, 9.17) is 9.97 Å². The van der Waals surface area contributed by atoms with Gasteiger partial charge in [0.15, 0.2) is 0 Å². The van der Waals surface area contributed by atoms with Gasteiger partial charge in [-0.1, -0.05) is 144 Å². The van der Waals surface area contributed by atoms with Gasteiger partial charge in [-0.15, -0.1) is 0 Å². The number of hydrogen-bond donors (Lipinski definition) is 0. The van der Waals surface area contributed by atoms with E-state index in [1.165, 1.54) is 133 Å². The smallest absolute Gasteiger partial charge is 0.248 e. The topological polar surface area (TPSA) is 32.3 Å². The second-order valence-electron chi connectivity index (χ2n) is 18.6. The number of unbranched alkanes of at least 4 members (excludes halogenated alkanes) is 2. The van der Waals surface area contributed by atoms with Crippen molar-refractivity contribution in [3.05, 3.63) is 154 Å². The molecule has 8 aromatic rings. The second kappa shape index (κ2) is 14.8. The first-order valence-electron chi connectivity index (χ1n) is 23.0. The fourth-order valence-corrected chi connectivity index (χ4v) is 11.9. The molecule has 0 aliphatic carbocycles. The summed E-state index contributed by atoms with van der Waals surface area (Å²) >= 11 is 0. The summed E-state index contributed by atoms with van der Waals surface area (Å²) in [5.74, 6) is 0. The molecule has 6 heteroatoms. The van der Waals surface area contributed by atoms with E-state index in [9.17, 15) is 0 Å². The molecular weight excluding hydrogens is 750 g/mol. The molecule has 0 saturated heterocycles. The Hall–Kier alpha value is -6.13. The number of anilines is 6. The van der Waals surface area contributed by atoms with E-state index in [2.05, 4.69) is 175 Å². The highest BCUT2D eigenvalue weighted by atomic mass is 15.3. The summed E-state index contributed by atoms with van der Waals surface area (Å²) in [5, 5.41) is 5.11. The van der Waals surface area contributed by atoms with Crippen LogP contribution >= 0.6 is 0 Å². The number of aryl methyl sites for hydroxylation is 8. The Bertz CT molecular complexity index is 2910. The minimum atomic E-state index is 0.0102. The van der Waals surface area contributed by atoms with E-state index in [0.29, 0.717) is 0 Å². The maximum Gasteiger partial charge on any atom is 0.248 e. The molecule has 6 aromatic carbocycles. The highest BCUT2D eigenvalue weighted by Gasteiger charge is 2.48. The summed E-state index contributed by atoms with van der Waals surface area (Å²) in [4.78, 5) is 15.9. The second-order valence-corrected chi connectivity index (χ2v) is 18.6. The number of hydrogen-bond acceptors (Lipinski definition) is 4. The zero-order valence-electron chi connectivity index (χ0n) is 37.6. The van der Waals surface area contributed by atoms with Crippen LogP contribution in [0.3, 0.4) is 0 Å². The first kappa shape index (κ1) is 38.8. The molecule has 0 bridgehead atoms. The van der Waals surface area contributed by atoms with Crippen LogP contribution in [0.15, 0.2) is 109 Å². The molecule has 0 saturated carbocycles. The zero-order valence-corrected chi connectivity index (χ0v) is 37.6. The Morgan fingerprint density at radius 1 is 0.452 bits per heavy atom. The van der Waals surface area contributed by atoms with Gasteiger partial charge in [-0.3, -0.25) is 9.97 Å². The maximum atomic E-state index is 5.31. The highest BCUT2D eigenvalue weighted by molar-refractivity contribution is 7.01. The van der Waals surface area contributed by atoms with E-state index < -0.39 is 0 Å². The molecule has 304 valence electrons. The van der Waals surface area contributed by atoms with E-state index >= 15 is 0 Å². The summed E-state index contributed by atoms with van der Waals surface area (Å²) in [6.45, 7) is 18.3. The molecule has 0 atom stereocenters. The molecule has 11 rings (SSSR count). The Labute approximate surface area is 368 Å². The third-order valence-corrected chi connectivity index (χ3v) is 14.3. The summed E-state index contributed by atoms with van der Waals surface area (Å²) in [6, 6.07) is 37.7. The van der Waals surface area contributed by atoms with Crippen LogP contribution in [0.5, 0.6) is 0 Å². The van der Waals surface area contributed by atoms with Crippen molar-refractivity contribution < 1.29 is 0 Å². The van der Waals surface area contributed by atoms with Gasteiger partial charge in [0.05, 0.1) is 46.5 Å². The Balaban J connectivity index is 1.32. The lowest BCUT2D eigenvalue weighted by Crippen LogP contribution is -2.62. The lowest BCUT2D eigenvalue weighted by Gasteiger charge is -2.49. The van der Waals surface area contributed by atoms with E-state index in [0.717, 1.165) is 38.5 Å². The van der Waals surface area contributed by atoms with Crippen molar-refractivity contribution >= 4 is 102 Å². The zero-order chi connectivity index (χ0) is 42.6. The number of aromatic nitrogens is 2. The van der Waals surface area contributed by atoms with Crippen molar-refractivity contribution in [1.82, 2.24) is 9.97 Å². The van der Waals surface area contributed by atoms with E-state index in [1.807, 2.05) is 0 Å². The van der Waals surface area contributed by atoms with Gasteiger partial charge in [0, 0.05) is 11.4 Å². The fourth-order valence-electron chi connectivity index (χ4n) is 11.9. The predicted molar refractivity (Wildman–Crippen MR) is 268 cm³/mol. The normalized spacial score (nSPS) is 13.4. The highest BCUT2D eigenvalue weighted by Crippen LogP contribution is 2.56. The first-order chi connectivity index (χ1) is 30.2. The van der Waals surface area contributed by atoms with Gasteiger partial charge in [0.2, 0.25) is 13.4 Å². The SMILES string of the molecule is CCCCc1cc2c(cn1)N1c3cc4ccccc4c4c3N(c3cnc(CCCC)cc3B4c3c(C)cc(C)cc3C)c3cc4ccccc4c(c31)B2c1c(C)cc(C)cc1C. The lowest BCUT2D eigenvalue weighted by molar-refractivity contribution is 0.777. The van der Waals surface area contributed by atoms with Gasteiger partial charge in [0.25, 0.3) is 0 Å². The van der Waals surface area contributed by atoms with Gasteiger partial charge >= 0.3 is 0 Å². The molecule has 2 aromatic heterocycles. The molecule has 0 spiro atoms. The number of pyridine rings is 2. The van der Waals surface area contributed by atoms with Gasteiger partial charge in [-0.05, 0) is 135 Å². The van der Waals surface area contributed by atoms with Crippen LogP contribution in [0.25, 0.3) is 21.5 Å². The minimum absolute atomic E-state index is 0.0102. The van der Waals surface area contributed by atoms with Crippen molar-refractivity contribution in [3.63, 3.8) is 0 Å². The van der Waals surface area contributed by atoms with Crippen LogP contribution in [-0.2, 0) is 12.8 Å². The predicted octanol–water partition coefficient (Wildman–Crippen LogP) is 10.2. The quantitative estimate of drug-likeness (QED) is 0.143. The van der Waals surface area contributed by atoms with Crippen LogP contribution in [-0.4, -0.2) is 23.4 Å². The molecule has 0 radical (unpaired) electrons. The summed E-state index contributed by atoms with van der Waals surface area (Å²) in [5.41, 5.74) is 25.8. The van der Waals surface area contributed by atoms with Gasteiger partial charge < -0.3 is 9.80 Å².